The quantitative estimate of drug-likeness (QED) is 0.421. The van der Waals surface area contributed by atoms with Gasteiger partial charge in [-0.1, -0.05) is 59.7 Å². The first-order valence-corrected chi connectivity index (χ1v) is 8.76. The summed E-state index contributed by atoms with van der Waals surface area (Å²) in [5, 5.41) is 2.11. The average Bonchev–Trinajstić information content (AvgIpc) is 3.08. The number of hydrogen-bond donors (Lipinski definition) is 2. The maximum Gasteiger partial charge on any atom is 0.137 e. The molecule has 2 nitrogen and oxygen atoms in total. The third kappa shape index (κ3) is 2.60. The third-order valence-electron chi connectivity index (χ3n) is 3.89. The van der Waals surface area contributed by atoms with Gasteiger partial charge in [0.2, 0.25) is 0 Å². The molecule has 0 saturated heterocycles. The van der Waals surface area contributed by atoms with Crippen molar-refractivity contribution in [2.24, 2.45) is 4.99 Å². The first-order valence-electron chi connectivity index (χ1n) is 7.15. The Kier molecular flexibility index (Phi) is 4.01. The highest BCUT2D eigenvalue weighted by atomic mass is 35.5. The van der Waals surface area contributed by atoms with Gasteiger partial charge in [0, 0.05) is 26.7 Å². The molecule has 2 aromatic carbocycles. The second kappa shape index (κ2) is 6.05. The van der Waals surface area contributed by atoms with E-state index in [1.54, 1.807) is 0 Å². The molecule has 0 atom stereocenters. The molecule has 118 valence electrons. The van der Waals surface area contributed by atoms with Crippen molar-refractivity contribution in [3.63, 3.8) is 0 Å². The Morgan fingerprint density at radius 2 is 1.38 bits per heavy atom. The predicted octanol–water partition coefficient (Wildman–Crippen LogP) is 5.80. The zero-order valence-corrected chi connectivity index (χ0v) is 15.4. The number of halogens is 2. The fraction of sp³-hybridized carbons (Fsp3) is 0. The largest absolute Gasteiger partial charge is 0.349 e. The molecule has 0 fully saturated rings. The molecule has 24 heavy (non-hydrogen) atoms. The van der Waals surface area contributed by atoms with Crippen LogP contribution < -0.4 is 0 Å². The molecule has 3 aromatic rings. The Bertz CT molecular complexity index is 987. The molecule has 1 aromatic heterocycles. The maximum absolute atomic E-state index is 5.98. The Morgan fingerprint density at radius 3 is 1.96 bits per heavy atom. The van der Waals surface area contributed by atoms with E-state index in [2.05, 4.69) is 22.6 Å². The van der Waals surface area contributed by atoms with E-state index in [-0.39, 0.29) is 0 Å². The smallest absolute Gasteiger partial charge is 0.137 e. The van der Waals surface area contributed by atoms with E-state index in [1.807, 2.05) is 48.5 Å². The summed E-state index contributed by atoms with van der Waals surface area (Å²) in [6.45, 7) is 0. The molecule has 1 N–H and O–H groups in total. The number of thiocarbonyl (C=S) groups is 1. The molecule has 0 spiro atoms. The molecule has 0 bridgehead atoms. The van der Waals surface area contributed by atoms with Crippen LogP contribution >= 0.6 is 48.0 Å². The van der Waals surface area contributed by atoms with Crippen LogP contribution in [-0.2, 0) is 0 Å². The van der Waals surface area contributed by atoms with Crippen molar-refractivity contribution in [1.29, 1.82) is 0 Å². The lowest BCUT2D eigenvalue weighted by molar-refractivity contribution is 1.21. The minimum absolute atomic E-state index is 0.552. The number of aliphatic imine (C=N–C) groups is 1. The molecule has 1 aliphatic rings. The first kappa shape index (κ1) is 15.9. The van der Waals surface area contributed by atoms with Gasteiger partial charge in [-0.2, -0.15) is 0 Å². The SMILES string of the molecule is S=C1N=C(c2ccc(Cl)cc2)c2c(S)[nH]c(-c3ccc(Cl)cc3)c21. The van der Waals surface area contributed by atoms with E-state index in [9.17, 15) is 0 Å². The zero-order valence-electron chi connectivity index (χ0n) is 12.2. The van der Waals surface area contributed by atoms with Crippen LogP contribution in [0.1, 0.15) is 16.7 Å². The standard InChI is InChI=1S/C18H10Cl2N2S2/c19-11-5-1-9(2-6-11)15-13-14(18(24)21-15)16(22-17(13)23)10-3-7-12(20)8-4-10/h1-8,21,24H. The van der Waals surface area contributed by atoms with E-state index in [0.29, 0.717) is 15.0 Å². The molecule has 0 radical (unpaired) electrons. The Hall–Kier alpha value is -1.59. The average molecular weight is 389 g/mol. The molecular formula is C18H10Cl2N2S2. The van der Waals surface area contributed by atoms with Gasteiger partial charge in [0.25, 0.3) is 0 Å². The van der Waals surface area contributed by atoms with Gasteiger partial charge in [-0.3, -0.25) is 0 Å². The number of nitrogens with zero attached hydrogens (tertiary/aromatic N) is 1. The van der Waals surface area contributed by atoms with Crippen LogP contribution in [0.25, 0.3) is 11.3 Å². The monoisotopic (exact) mass is 388 g/mol. The number of thiol groups is 1. The van der Waals surface area contributed by atoms with Crippen molar-refractivity contribution >= 4 is 58.7 Å². The Balaban J connectivity index is 1.87. The number of hydrogen-bond acceptors (Lipinski definition) is 2. The molecule has 1 aliphatic heterocycles. The second-order valence-electron chi connectivity index (χ2n) is 5.38. The third-order valence-corrected chi connectivity index (χ3v) is 5.03. The molecule has 4 rings (SSSR count). The zero-order chi connectivity index (χ0) is 16.8. The molecular weight excluding hydrogens is 379 g/mol. The lowest BCUT2D eigenvalue weighted by Gasteiger charge is -2.02. The van der Waals surface area contributed by atoms with E-state index in [1.165, 1.54) is 0 Å². The van der Waals surface area contributed by atoms with Gasteiger partial charge in [0.05, 0.1) is 16.4 Å². The highest BCUT2D eigenvalue weighted by molar-refractivity contribution is 7.81. The van der Waals surface area contributed by atoms with Gasteiger partial charge in [-0.05, 0) is 29.8 Å². The van der Waals surface area contributed by atoms with Gasteiger partial charge in [-0.15, -0.1) is 12.6 Å². The molecule has 0 unspecified atom stereocenters. The second-order valence-corrected chi connectivity index (χ2v) is 7.08. The molecule has 0 aliphatic carbocycles. The van der Waals surface area contributed by atoms with Gasteiger partial charge in [-0.25, -0.2) is 4.99 Å². The minimum Gasteiger partial charge on any atom is -0.349 e. The number of rotatable bonds is 2. The summed E-state index contributed by atoms with van der Waals surface area (Å²) in [5.41, 5.74) is 5.50. The fourth-order valence-electron chi connectivity index (χ4n) is 2.79. The molecule has 0 amide bonds. The summed E-state index contributed by atoms with van der Waals surface area (Å²) in [4.78, 5) is 8.46. The Labute approximate surface area is 159 Å². The maximum atomic E-state index is 5.98. The van der Waals surface area contributed by atoms with Gasteiger partial charge in [0.15, 0.2) is 0 Å². The normalized spacial score (nSPS) is 13.1. The summed E-state index contributed by atoms with van der Waals surface area (Å²) >= 11 is 22.1. The van der Waals surface area contributed by atoms with Crippen LogP contribution in [0.15, 0.2) is 58.5 Å². The van der Waals surface area contributed by atoms with Crippen LogP contribution in [0.2, 0.25) is 10.0 Å². The van der Waals surface area contributed by atoms with E-state index in [4.69, 9.17) is 35.4 Å². The molecule has 2 heterocycles. The van der Waals surface area contributed by atoms with Crippen LogP contribution in [0.5, 0.6) is 0 Å². The van der Waals surface area contributed by atoms with E-state index < -0.39 is 0 Å². The minimum atomic E-state index is 0.552. The summed E-state index contributed by atoms with van der Waals surface area (Å²) in [5.74, 6) is 0. The highest BCUT2D eigenvalue weighted by Crippen LogP contribution is 2.37. The van der Waals surface area contributed by atoms with Crippen LogP contribution in [0, 0.1) is 0 Å². The lowest BCUT2D eigenvalue weighted by Crippen LogP contribution is -2.00. The molecule has 6 heteroatoms. The Morgan fingerprint density at radius 1 is 0.833 bits per heavy atom. The van der Waals surface area contributed by atoms with E-state index >= 15 is 0 Å². The number of aromatic amines is 1. The molecule has 0 saturated carbocycles. The lowest BCUT2D eigenvalue weighted by atomic mass is 10.0. The van der Waals surface area contributed by atoms with Crippen LogP contribution in [0.3, 0.4) is 0 Å². The van der Waals surface area contributed by atoms with Crippen molar-refractivity contribution < 1.29 is 0 Å². The van der Waals surface area contributed by atoms with E-state index in [0.717, 1.165) is 38.7 Å². The topological polar surface area (TPSA) is 28.1 Å². The predicted molar refractivity (Wildman–Crippen MR) is 107 cm³/mol. The van der Waals surface area contributed by atoms with Crippen molar-refractivity contribution in [1.82, 2.24) is 4.98 Å². The fourth-order valence-corrected chi connectivity index (χ4v) is 3.67. The van der Waals surface area contributed by atoms with Crippen molar-refractivity contribution in [2.45, 2.75) is 5.03 Å². The van der Waals surface area contributed by atoms with Crippen LogP contribution in [0.4, 0.5) is 0 Å². The number of fused-ring (bicyclic) bond motifs is 1. The first-order chi connectivity index (χ1) is 11.5. The summed E-state index contributed by atoms with van der Waals surface area (Å²) in [6.07, 6.45) is 0. The number of nitrogens with one attached hydrogen (secondary N) is 1. The summed E-state index contributed by atoms with van der Waals surface area (Å²) < 4.78 is 0. The van der Waals surface area contributed by atoms with Crippen LogP contribution in [-0.4, -0.2) is 15.7 Å². The highest BCUT2D eigenvalue weighted by Gasteiger charge is 2.29. The summed E-state index contributed by atoms with van der Waals surface area (Å²) in [6, 6.07) is 15.1. The van der Waals surface area contributed by atoms with Crippen molar-refractivity contribution in [3.05, 3.63) is 75.3 Å². The number of aromatic nitrogens is 1. The van der Waals surface area contributed by atoms with Gasteiger partial charge < -0.3 is 4.98 Å². The summed E-state index contributed by atoms with van der Waals surface area (Å²) in [7, 11) is 0. The van der Waals surface area contributed by atoms with Crippen molar-refractivity contribution in [2.75, 3.05) is 0 Å². The number of H-pyrrole nitrogens is 1. The van der Waals surface area contributed by atoms with Gasteiger partial charge >= 0.3 is 0 Å². The van der Waals surface area contributed by atoms with Gasteiger partial charge in [0.1, 0.15) is 4.99 Å². The number of benzene rings is 2. The van der Waals surface area contributed by atoms with Crippen molar-refractivity contribution in [3.8, 4) is 11.3 Å².